The van der Waals surface area contributed by atoms with E-state index in [0.29, 0.717) is 53.2 Å². The third-order valence-electron chi connectivity index (χ3n) is 6.03. The van der Waals surface area contributed by atoms with Crippen LogP contribution >= 0.6 is 0 Å². The Morgan fingerprint density at radius 1 is 0.744 bits per heavy atom. The molecular weight excluding hydrogens is 506 g/mol. The number of nitrogens with zero attached hydrogens (tertiary/aromatic N) is 1. The summed E-state index contributed by atoms with van der Waals surface area (Å²) in [6.45, 7) is 6.89. The van der Waals surface area contributed by atoms with Gasteiger partial charge in [0.1, 0.15) is 5.70 Å². The Morgan fingerprint density at radius 3 is 1.62 bits per heavy atom. The van der Waals surface area contributed by atoms with Crippen LogP contribution in [-0.2, 0) is 4.79 Å². The summed E-state index contributed by atoms with van der Waals surface area (Å²) in [5.41, 5.74) is 0.766. The first kappa shape index (κ1) is 31.1. The summed E-state index contributed by atoms with van der Waals surface area (Å²) < 4.78 is 32.3. The number of ether oxygens (including phenoxy) is 6. The van der Waals surface area contributed by atoms with Crippen LogP contribution in [0.3, 0.4) is 0 Å². The minimum absolute atomic E-state index is 0.0163. The molecule has 0 unspecified atom stereocenters. The van der Waals surface area contributed by atoms with E-state index < -0.39 is 11.8 Å². The zero-order valence-electron chi connectivity index (χ0n) is 23.9. The molecule has 2 aromatic rings. The van der Waals surface area contributed by atoms with Gasteiger partial charge in [0.2, 0.25) is 11.5 Å². The monoisotopic (exact) mass is 545 g/mol. The molecule has 11 nitrogen and oxygen atoms in total. The third kappa shape index (κ3) is 7.93. The van der Waals surface area contributed by atoms with Gasteiger partial charge < -0.3 is 44.0 Å². The zero-order valence-corrected chi connectivity index (χ0v) is 23.9. The molecule has 0 aliphatic rings. The lowest BCUT2D eigenvalue weighted by Gasteiger charge is -2.19. The standard InChI is InChI=1S/C28H39N3O8/c1-9-31(10-2)12-11-29-28(33)20(13-18-14-21(34-3)25(38-7)22(15-18)35-4)30-27(32)19-16-23(36-5)26(39-8)24(17-19)37-6/h13-17H,9-12H2,1-8H3,(H,29,33)(H,30,32)/b20-13-. The molecule has 0 aliphatic carbocycles. The summed E-state index contributed by atoms with van der Waals surface area (Å²) in [6, 6.07) is 6.37. The minimum Gasteiger partial charge on any atom is -0.493 e. The van der Waals surface area contributed by atoms with Crippen LogP contribution in [0.2, 0.25) is 0 Å². The van der Waals surface area contributed by atoms with Crippen molar-refractivity contribution in [1.29, 1.82) is 0 Å². The molecule has 0 bridgehead atoms. The van der Waals surface area contributed by atoms with Crippen LogP contribution in [0.4, 0.5) is 0 Å². The second kappa shape index (κ2) is 15.3. The summed E-state index contributed by atoms with van der Waals surface area (Å²) in [7, 11) is 8.88. The molecule has 0 aliphatic heterocycles. The molecule has 11 heteroatoms. The van der Waals surface area contributed by atoms with E-state index in [-0.39, 0.29) is 11.3 Å². The topological polar surface area (TPSA) is 117 Å². The number of carbonyl (C=O) groups is 2. The summed E-state index contributed by atoms with van der Waals surface area (Å²) in [4.78, 5) is 28.8. The van der Waals surface area contributed by atoms with Gasteiger partial charge in [-0.2, -0.15) is 0 Å². The van der Waals surface area contributed by atoms with E-state index in [0.717, 1.165) is 13.1 Å². The van der Waals surface area contributed by atoms with Crippen LogP contribution in [-0.4, -0.2) is 85.6 Å². The number of amides is 2. The number of hydrogen-bond donors (Lipinski definition) is 2. The number of rotatable bonds is 15. The number of methoxy groups -OCH3 is 6. The number of hydrogen-bond acceptors (Lipinski definition) is 9. The average molecular weight is 546 g/mol. The van der Waals surface area contributed by atoms with Crippen LogP contribution < -0.4 is 39.1 Å². The minimum atomic E-state index is -0.549. The Labute approximate surface area is 230 Å². The van der Waals surface area contributed by atoms with Crippen molar-refractivity contribution < 1.29 is 38.0 Å². The van der Waals surface area contributed by atoms with Crippen molar-refractivity contribution in [2.45, 2.75) is 13.8 Å². The van der Waals surface area contributed by atoms with Crippen molar-refractivity contribution in [3.05, 3.63) is 41.1 Å². The van der Waals surface area contributed by atoms with Crippen LogP contribution in [0.1, 0.15) is 29.8 Å². The molecule has 0 spiro atoms. The third-order valence-corrected chi connectivity index (χ3v) is 6.03. The van der Waals surface area contributed by atoms with Gasteiger partial charge in [0.05, 0.1) is 42.7 Å². The van der Waals surface area contributed by atoms with Gasteiger partial charge in [-0.25, -0.2) is 0 Å². The lowest BCUT2D eigenvalue weighted by Crippen LogP contribution is -2.39. The average Bonchev–Trinajstić information content (AvgIpc) is 2.97. The molecule has 2 aromatic carbocycles. The highest BCUT2D eigenvalue weighted by Gasteiger charge is 2.21. The van der Waals surface area contributed by atoms with E-state index in [9.17, 15) is 9.59 Å². The Balaban J connectivity index is 2.50. The van der Waals surface area contributed by atoms with Crippen molar-refractivity contribution in [3.8, 4) is 34.5 Å². The van der Waals surface area contributed by atoms with Crippen LogP contribution in [0.15, 0.2) is 30.0 Å². The first-order valence-corrected chi connectivity index (χ1v) is 12.4. The Kier molecular flexibility index (Phi) is 12.2. The highest BCUT2D eigenvalue weighted by atomic mass is 16.5. The molecule has 39 heavy (non-hydrogen) atoms. The van der Waals surface area contributed by atoms with Crippen LogP contribution in [0.25, 0.3) is 6.08 Å². The van der Waals surface area contributed by atoms with Gasteiger partial charge in [0, 0.05) is 18.7 Å². The second-order valence-electron chi connectivity index (χ2n) is 8.17. The maximum atomic E-state index is 13.3. The lowest BCUT2D eigenvalue weighted by atomic mass is 10.1. The molecule has 0 atom stereocenters. The number of carbonyl (C=O) groups excluding carboxylic acids is 2. The highest BCUT2D eigenvalue weighted by Crippen LogP contribution is 2.39. The van der Waals surface area contributed by atoms with Gasteiger partial charge in [0.15, 0.2) is 23.0 Å². The van der Waals surface area contributed by atoms with E-state index in [1.807, 2.05) is 0 Å². The molecule has 2 rings (SSSR count). The number of likely N-dealkylation sites (N-methyl/N-ethyl adjacent to an activating group) is 1. The van der Waals surface area contributed by atoms with E-state index in [2.05, 4.69) is 29.4 Å². The van der Waals surface area contributed by atoms with Gasteiger partial charge in [0.25, 0.3) is 11.8 Å². The fraction of sp³-hybridized carbons (Fsp3) is 0.429. The molecule has 2 amide bonds. The van der Waals surface area contributed by atoms with E-state index >= 15 is 0 Å². The van der Waals surface area contributed by atoms with Crippen molar-refractivity contribution in [2.75, 3.05) is 68.8 Å². The maximum absolute atomic E-state index is 13.3. The zero-order chi connectivity index (χ0) is 28.9. The SMILES string of the molecule is CCN(CC)CCNC(=O)/C(=C/c1cc(OC)c(OC)c(OC)c1)NC(=O)c1cc(OC)c(OC)c(OC)c1. The molecule has 0 radical (unpaired) electrons. The molecular formula is C28H39N3O8. The molecule has 2 N–H and O–H groups in total. The molecule has 0 fully saturated rings. The first-order chi connectivity index (χ1) is 18.8. The van der Waals surface area contributed by atoms with Gasteiger partial charge in [-0.15, -0.1) is 0 Å². The Morgan fingerprint density at radius 2 is 1.21 bits per heavy atom. The smallest absolute Gasteiger partial charge is 0.267 e. The fourth-order valence-electron chi connectivity index (χ4n) is 3.88. The molecule has 0 saturated heterocycles. The summed E-state index contributed by atoms with van der Waals surface area (Å²) in [5.74, 6) is 1.16. The van der Waals surface area contributed by atoms with E-state index in [4.69, 9.17) is 28.4 Å². The maximum Gasteiger partial charge on any atom is 0.267 e. The van der Waals surface area contributed by atoms with Crippen LogP contribution in [0.5, 0.6) is 34.5 Å². The highest BCUT2D eigenvalue weighted by molar-refractivity contribution is 6.05. The summed E-state index contributed by atoms with van der Waals surface area (Å²) in [6.07, 6.45) is 1.53. The summed E-state index contributed by atoms with van der Waals surface area (Å²) >= 11 is 0. The quantitative estimate of drug-likeness (QED) is 0.326. The van der Waals surface area contributed by atoms with Crippen molar-refractivity contribution in [2.24, 2.45) is 0 Å². The Hall–Kier alpha value is -4.12. The molecule has 0 aromatic heterocycles. The van der Waals surface area contributed by atoms with Crippen molar-refractivity contribution >= 4 is 17.9 Å². The largest absolute Gasteiger partial charge is 0.493 e. The van der Waals surface area contributed by atoms with E-state index in [1.54, 1.807) is 12.1 Å². The molecule has 0 heterocycles. The first-order valence-electron chi connectivity index (χ1n) is 12.4. The van der Waals surface area contributed by atoms with Crippen molar-refractivity contribution in [1.82, 2.24) is 15.5 Å². The predicted octanol–water partition coefficient (Wildman–Crippen LogP) is 2.97. The molecule has 214 valence electrons. The van der Waals surface area contributed by atoms with Crippen LogP contribution in [0, 0.1) is 0 Å². The Bertz CT molecular complexity index is 1110. The number of nitrogens with one attached hydrogen (secondary N) is 2. The summed E-state index contributed by atoms with van der Waals surface area (Å²) in [5, 5.41) is 5.60. The number of benzene rings is 2. The second-order valence-corrected chi connectivity index (χ2v) is 8.17. The molecule has 0 saturated carbocycles. The fourth-order valence-corrected chi connectivity index (χ4v) is 3.88. The van der Waals surface area contributed by atoms with Crippen molar-refractivity contribution in [3.63, 3.8) is 0 Å². The van der Waals surface area contributed by atoms with Gasteiger partial charge >= 0.3 is 0 Å². The van der Waals surface area contributed by atoms with Gasteiger partial charge in [-0.05, 0) is 49.0 Å². The van der Waals surface area contributed by atoms with Gasteiger partial charge in [-0.3, -0.25) is 9.59 Å². The lowest BCUT2D eigenvalue weighted by molar-refractivity contribution is -0.117. The normalized spacial score (nSPS) is 11.1. The predicted molar refractivity (Wildman–Crippen MR) is 148 cm³/mol. The van der Waals surface area contributed by atoms with E-state index in [1.165, 1.54) is 60.9 Å². The van der Waals surface area contributed by atoms with Gasteiger partial charge in [-0.1, -0.05) is 13.8 Å².